The molecule has 0 amide bonds. The SMILES string of the molecule is CC(C)(C)CN1CCC(C#N)(c2ccncc2)CC1. The van der Waals surface area contributed by atoms with Crippen LogP contribution in [0.2, 0.25) is 0 Å². The monoisotopic (exact) mass is 257 g/mol. The number of piperidine rings is 1. The minimum Gasteiger partial charge on any atom is -0.303 e. The Labute approximate surface area is 116 Å². The maximum atomic E-state index is 9.62. The summed E-state index contributed by atoms with van der Waals surface area (Å²) in [6.45, 7) is 9.91. The largest absolute Gasteiger partial charge is 0.303 e. The van der Waals surface area contributed by atoms with Crippen LogP contribution in [0.3, 0.4) is 0 Å². The fourth-order valence-corrected chi connectivity index (χ4v) is 2.90. The molecule has 3 nitrogen and oxygen atoms in total. The first kappa shape index (κ1) is 14.0. The molecule has 0 unspecified atom stereocenters. The highest BCUT2D eigenvalue weighted by Gasteiger charge is 2.37. The van der Waals surface area contributed by atoms with Crippen molar-refractivity contribution in [3.8, 4) is 6.07 Å². The molecular weight excluding hydrogens is 234 g/mol. The second kappa shape index (κ2) is 5.30. The lowest BCUT2D eigenvalue weighted by molar-refractivity contribution is 0.137. The van der Waals surface area contributed by atoms with Gasteiger partial charge in [-0.2, -0.15) is 5.26 Å². The second-order valence-corrected chi connectivity index (χ2v) is 6.77. The van der Waals surface area contributed by atoms with Gasteiger partial charge in [0.15, 0.2) is 0 Å². The van der Waals surface area contributed by atoms with E-state index in [2.05, 4.69) is 36.7 Å². The highest BCUT2D eigenvalue weighted by Crippen LogP contribution is 2.35. The zero-order chi connectivity index (χ0) is 13.9. The van der Waals surface area contributed by atoms with E-state index in [-0.39, 0.29) is 5.41 Å². The molecule has 102 valence electrons. The minimum atomic E-state index is -0.308. The van der Waals surface area contributed by atoms with Gasteiger partial charge in [0.05, 0.1) is 11.5 Å². The van der Waals surface area contributed by atoms with E-state index in [1.807, 2.05) is 12.1 Å². The molecule has 1 saturated heterocycles. The first-order valence-electron chi connectivity index (χ1n) is 6.99. The Morgan fingerprint density at radius 2 is 1.84 bits per heavy atom. The lowest BCUT2D eigenvalue weighted by atomic mass is 9.74. The van der Waals surface area contributed by atoms with Crippen LogP contribution in [0.1, 0.15) is 39.2 Å². The van der Waals surface area contributed by atoms with Crippen LogP contribution >= 0.6 is 0 Å². The zero-order valence-corrected chi connectivity index (χ0v) is 12.2. The van der Waals surface area contributed by atoms with E-state index in [1.54, 1.807) is 12.4 Å². The van der Waals surface area contributed by atoms with E-state index in [0.29, 0.717) is 5.41 Å². The van der Waals surface area contributed by atoms with Gasteiger partial charge in [-0.3, -0.25) is 4.98 Å². The average molecular weight is 257 g/mol. The number of hydrogen-bond donors (Lipinski definition) is 0. The summed E-state index contributed by atoms with van der Waals surface area (Å²) >= 11 is 0. The average Bonchev–Trinajstić information content (AvgIpc) is 2.39. The van der Waals surface area contributed by atoms with E-state index >= 15 is 0 Å². The fourth-order valence-electron chi connectivity index (χ4n) is 2.90. The molecule has 0 spiro atoms. The van der Waals surface area contributed by atoms with Crippen molar-refractivity contribution in [1.29, 1.82) is 5.26 Å². The Balaban J connectivity index is 2.07. The normalized spacial score (nSPS) is 19.9. The van der Waals surface area contributed by atoms with Crippen LogP contribution in [-0.4, -0.2) is 29.5 Å². The summed E-state index contributed by atoms with van der Waals surface area (Å²) in [5, 5.41) is 9.62. The van der Waals surface area contributed by atoms with Crippen molar-refractivity contribution in [2.75, 3.05) is 19.6 Å². The zero-order valence-electron chi connectivity index (χ0n) is 12.2. The molecule has 3 heteroatoms. The smallest absolute Gasteiger partial charge is 0.0847 e. The van der Waals surface area contributed by atoms with Crippen molar-refractivity contribution in [1.82, 2.24) is 9.88 Å². The van der Waals surface area contributed by atoms with Crippen LogP contribution < -0.4 is 0 Å². The molecule has 0 N–H and O–H groups in total. The molecule has 1 fully saturated rings. The highest BCUT2D eigenvalue weighted by molar-refractivity contribution is 5.31. The van der Waals surface area contributed by atoms with Gasteiger partial charge in [-0.25, -0.2) is 0 Å². The molecule has 19 heavy (non-hydrogen) atoms. The van der Waals surface area contributed by atoms with Gasteiger partial charge in [-0.1, -0.05) is 20.8 Å². The maximum absolute atomic E-state index is 9.62. The predicted molar refractivity (Wildman–Crippen MR) is 76.7 cm³/mol. The molecule has 0 atom stereocenters. The van der Waals surface area contributed by atoms with Crippen LogP contribution in [0.15, 0.2) is 24.5 Å². The Kier molecular flexibility index (Phi) is 3.91. The van der Waals surface area contributed by atoms with E-state index in [9.17, 15) is 5.26 Å². The van der Waals surface area contributed by atoms with E-state index in [1.165, 1.54) is 0 Å². The summed E-state index contributed by atoms with van der Waals surface area (Å²) in [6, 6.07) is 6.54. The van der Waals surface area contributed by atoms with E-state index in [4.69, 9.17) is 0 Å². The van der Waals surface area contributed by atoms with Crippen LogP contribution in [0.5, 0.6) is 0 Å². The molecule has 0 saturated carbocycles. The van der Waals surface area contributed by atoms with Crippen molar-refractivity contribution in [3.63, 3.8) is 0 Å². The number of nitriles is 1. The van der Waals surface area contributed by atoms with E-state index < -0.39 is 0 Å². The number of rotatable bonds is 2. The number of aromatic nitrogens is 1. The molecule has 1 aromatic rings. The standard InChI is InChI=1S/C16H23N3/c1-15(2,3)13-19-10-6-16(12-17,7-11-19)14-4-8-18-9-5-14/h4-5,8-9H,6-7,10-11,13H2,1-3H3. The summed E-state index contributed by atoms with van der Waals surface area (Å²) < 4.78 is 0. The molecule has 1 aliphatic heterocycles. The third kappa shape index (κ3) is 3.33. The molecular formula is C16H23N3. The van der Waals surface area contributed by atoms with Crippen molar-refractivity contribution in [3.05, 3.63) is 30.1 Å². The Hall–Kier alpha value is -1.40. The number of pyridine rings is 1. The van der Waals surface area contributed by atoms with Gasteiger partial charge in [-0.05, 0) is 36.0 Å². The lowest BCUT2D eigenvalue weighted by Crippen LogP contribution is -2.44. The molecule has 2 rings (SSSR count). The van der Waals surface area contributed by atoms with Gasteiger partial charge in [0.1, 0.15) is 0 Å². The Morgan fingerprint density at radius 1 is 1.26 bits per heavy atom. The van der Waals surface area contributed by atoms with Crippen molar-refractivity contribution in [2.24, 2.45) is 5.41 Å². The molecule has 0 aromatic carbocycles. The third-order valence-electron chi connectivity index (χ3n) is 3.85. The third-order valence-corrected chi connectivity index (χ3v) is 3.85. The van der Waals surface area contributed by atoms with Gasteiger partial charge in [0.25, 0.3) is 0 Å². The molecule has 0 aliphatic carbocycles. The first-order valence-corrected chi connectivity index (χ1v) is 6.99. The summed E-state index contributed by atoms with van der Waals surface area (Å²) in [5.74, 6) is 0. The fraction of sp³-hybridized carbons (Fsp3) is 0.625. The van der Waals surface area contributed by atoms with Crippen LogP contribution in [0, 0.1) is 16.7 Å². The number of likely N-dealkylation sites (tertiary alicyclic amines) is 1. The molecule has 0 bridgehead atoms. The van der Waals surface area contributed by atoms with Gasteiger partial charge in [0.2, 0.25) is 0 Å². The Morgan fingerprint density at radius 3 is 2.32 bits per heavy atom. The van der Waals surface area contributed by atoms with Gasteiger partial charge < -0.3 is 4.90 Å². The first-order chi connectivity index (χ1) is 8.95. The topological polar surface area (TPSA) is 39.9 Å². The van der Waals surface area contributed by atoms with E-state index in [0.717, 1.165) is 38.0 Å². The minimum absolute atomic E-state index is 0.308. The van der Waals surface area contributed by atoms with Crippen LogP contribution in [0.25, 0.3) is 0 Å². The van der Waals surface area contributed by atoms with Crippen LogP contribution in [0.4, 0.5) is 0 Å². The molecule has 1 aromatic heterocycles. The van der Waals surface area contributed by atoms with Gasteiger partial charge >= 0.3 is 0 Å². The summed E-state index contributed by atoms with van der Waals surface area (Å²) in [6.07, 6.45) is 5.42. The number of hydrogen-bond acceptors (Lipinski definition) is 3. The Bertz CT molecular complexity index is 445. The molecule has 1 aliphatic rings. The highest BCUT2D eigenvalue weighted by atomic mass is 15.1. The molecule has 0 radical (unpaired) electrons. The lowest BCUT2D eigenvalue weighted by Gasteiger charge is -2.40. The van der Waals surface area contributed by atoms with Gasteiger partial charge in [0, 0.05) is 32.0 Å². The van der Waals surface area contributed by atoms with Crippen LogP contribution in [-0.2, 0) is 5.41 Å². The molecule has 2 heterocycles. The van der Waals surface area contributed by atoms with Crippen molar-refractivity contribution < 1.29 is 0 Å². The summed E-state index contributed by atoms with van der Waals surface area (Å²) in [5.41, 5.74) is 1.14. The maximum Gasteiger partial charge on any atom is 0.0847 e. The quantitative estimate of drug-likeness (QED) is 0.817. The second-order valence-electron chi connectivity index (χ2n) is 6.77. The summed E-state index contributed by atoms with van der Waals surface area (Å²) in [4.78, 5) is 6.53. The van der Waals surface area contributed by atoms with Gasteiger partial charge in [-0.15, -0.1) is 0 Å². The van der Waals surface area contributed by atoms with Crippen molar-refractivity contribution in [2.45, 2.75) is 39.0 Å². The van der Waals surface area contributed by atoms with Crippen molar-refractivity contribution >= 4 is 0 Å². The summed E-state index contributed by atoms with van der Waals surface area (Å²) in [7, 11) is 0. The predicted octanol–water partition coefficient (Wildman–Crippen LogP) is 2.98. The number of nitrogens with zero attached hydrogens (tertiary/aromatic N) is 3.